The number of aryl methyl sites for hydroxylation is 1. The summed E-state index contributed by atoms with van der Waals surface area (Å²) in [5.41, 5.74) is 5.30. The summed E-state index contributed by atoms with van der Waals surface area (Å²) in [5, 5.41) is 19.4. The molecule has 1 heterocycles. The van der Waals surface area contributed by atoms with Crippen molar-refractivity contribution in [3.63, 3.8) is 0 Å². The van der Waals surface area contributed by atoms with Gasteiger partial charge in [-0.3, -0.25) is 4.79 Å². The first kappa shape index (κ1) is 10.9. The molecule has 0 aliphatic rings. The number of carboxylic acids is 1. The second-order valence-corrected chi connectivity index (χ2v) is 3.78. The van der Waals surface area contributed by atoms with Crippen LogP contribution in [-0.2, 0) is 11.8 Å². The van der Waals surface area contributed by atoms with Crippen molar-refractivity contribution in [2.45, 2.75) is 16.8 Å². The number of carbonyl (C=O) groups is 1. The minimum absolute atomic E-state index is 0.329. The molecule has 0 amide bonds. The smallest absolute Gasteiger partial charge is 0.317 e. The highest BCUT2D eigenvalue weighted by molar-refractivity contribution is 8.00. The van der Waals surface area contributed by atoms with Crippen LogP contribution in [0.3, 0.4) is 0 Å². The number of aromatic nitrogens is 4. The van der Waals surface area contributed by atoms with Gasteiger partial charge in [0.05, 0.1) is 0 Å². The monoisotopic (exact) mass is 217 g/mol. The van der Waals surface area contributed by atoms with E-state index in [0.29, 0.717) is 18.1 Å². The van der Waals surface area contributed by atoms with Gasteiger partial charge in [0.15, 0.2) is 0 Å². The Balaban J connectivity index is 2.64. The maximum atomic E-state index is 10.8. The normalized spacial score (nSPS) is 12.7. The molecule has 1 rings (SSSR count). The highest BCUT2D eigenvalue weighted by Crippen LogP contribution is 2.21. The van der Waals surface area contributed by atoms with Gasteiger partial charge in [0.1, 0.15) is 5.25 Å². The Kier molecular flexibility index (Phi) is 3.84. The fourth-order valence-electron chi connectivity index (χ4n) is 0.833. The zero-order valence-corrected chi connectivity index (χ0v) is 8.44. The van der Waals surface area contributed by atoms with E-state index in [0.717, 1.165) is 11.8 Å². The lowest BCUT2D eigenvalue weighted by atomic mass is 10.3. The summed E-state index contributed by atoms with van der Waals surface area (Å²) < 4.78 is 1.43. The van der Waals surface area contributed by atoms with Crippen molar-refractivity contribution in [1.82, 2.24) is 20.2 Å². The van der Waals surface area contributed by atoms with Crippen LogP contribution in [0, 0.1) is 0 Å². The third-order valence-electron chi connectivity index (χ3n) is 1.53. The van der Waals surface area contributed by atoms with Gasteiger partial charge in [-0.2, -0.15) is 0 Å². The summed E-state index contributed by atoms with van der Waals surface area (Å²) in [4.78, 5) is 10.8. The van der Waals surface area contributed by atoms with Crippen LogP contribution in [-0.4, -0.2) is 43.1 Å². The van der Waals surface area contributed by atoms with Gasteiger partial charge in [-0.05, 0) is 23.4 Å². The number of tetrazole rings is 1. The number of nitrogens with zero attached hydrogens (tertiary/aromatic N) is 4. The Labute approximate surface area is 84.7 Å². The number of hydrogen-bond acceptors (Lipinski definition) is 6. The maximum Gasteiger partial charge on any atom is 0.317 e. The molecule has 0 radical (unpaired) electrons. The van der Waals surface area contributed by atoms with E-state index in [1.54, 1.807) is 7.05 Å². The van der Waals surface area contributed by atoms with Crippen LogP contribution in [0.5, 0.6) is 0 Å². The molecule has 14 heavy (non-hydrogen) atoms. The zero-order valence-electron chi connectivity index (χ0n) is 7.62. The zero-order chi connectivity index (χ0) is 10.6. The van der Waals surface area contributed by atoms with Crippen LogP contribution >= 0.6 is 11.8 Å². The van der Waals surface area contributed by atoms with E-state index in [-0.39, 0.29) is 0 Å². The first-order chi connectivity index (χ1) is 6.65. The first-order valence-corrected chi connectivity index (χ1v) is 4.85. The van der Waals surface area contributed by atoms with Crippen LogP contribution in [0.15, 0.2) is 5.16 Å². The standard InChI is InChI=1S/C6H11N5O2S/c1-11-6(8-9-10-11)14-4(2-3-7)5(12)13/h4H,2-3,7H2,1H3,(H,12,13). The summed E-state index contributed by atoms with van der Waals surface area (Å²) in [6.07, 6.45) is 0.396. The predicted octanol–water partition coefficient (Wildman–Crippen LogP) is -0.896. The molecule has 0 fully saturated rings. The van der Waals surface area contributed by atoms with Crippen LogP contribution in [0.2, 0.25) is 0 Å². The van der Waals surface area contributed by atoms with Crippen LogP contribution in [0.4, 0.5) is 0 Å². The first-order valence-electron chi connectivity index (χ1n) is 3.97. The third-order valence-corrected chi connectivity index (χ3v) is 2.81. The van der Waals surface area contributed by atoms with Gasteiger partial charge in [-0.25, -0.2) is 4.68 Å². The summed E-state index contributed by atoms with van der Waals surface area (Å²) >= 11 is 1.10. The topological polar surface area (TPSA) is 107 Å². The fourth-order valence-corrected chi connectivity index (χ4v) is 1.71. The molecule has 1 aromatic heterocycles. The molecule has 1 atom stereocenters. The van der Waals surface area contributed by atoms with Crippen molar-refractivity contribution in [2.75, 3.05) is 6.54 Å². The lowest BCUT2D eigenvalue weighted by Gasteiger charge is -2.08. The highest BCUT2D eigenvalue weighted by atomic mass is 32.2. The Morgan fingerprint density at radius 1 is 1.79 bits per heavy atom. The molecule has 8 heteroatoms. The number of nitrogens with two attached hydrogens (primary N) is 1. The third kappa shape index (κ3) is 2.67. The molecule has 1 unspecified atom stereocenters. The fraction of sp³-hybridized carbons (Fsp3) is 0.667. The largest absolute Gasteiger partial charge is 0.480 e. The predicted molar refractivity (Wildman–Crippen MR) is 49.8 cm³/mol. The number of hydrogen-bond donors (Lipinski definition) is 2. The molecule has 0 aliphatic heterocycles. The van der Waals surface area contributed by atoms with Crippen molar-refractivity contribution in [2.24, 2.45) is 12.8 Å². The molecule has 1 aromatic rings. The lowest BCUT2D eigenvalue weighted by molar-refractivity contribution is -0.136. The molecule has 0 aromatic carbocycles. The van der Waals surface area contributed by atoms with Crippen molar-refractivity contribution < 1.29 is 9.90 Å². The van der Waals surface area contributed by atoms with Crippen molar-refractivity contribution in [3.05, 3.63) is 0 Å². The molecule has 0 saturated carbocycles. The van der Waals surface area contributed by atoms with Crippen LogP contribution in [0.1, 0.15) is 6.42 Å². The summed E-state index contributed by atoms with van der Waals surface area (Å²) in [7, 11) is 1.66. The molecular weight excluding hydrogens is 206 g/mol. The maximum absolute atomic E-state index is 10.8. The Bertz CT molecular complexity index is 315. The number of rotatable bonds is 5. The van der Waals surface area contributed by atoms with Crippen molar-refractivity contribution in [3.8, 4) is 0 Å². The van der Waals surface area contributed by atoms with E-state index in [1.165, 1.54) is 4.68 Å². The Morgan fingerprint density at radius 2 is 2.50 bits per heavy atom. The van der Waals surface area contributed by atoms with E-state index < -0.39 is 11.2 Å². The molecule has 3 N–H and O–H groups in total. The number of carboxylic acid groups (broad SMARTS) is 1. The molecule has 0 spiro atoms. The van der Waals surface area contributed by atoms with E-state index in [2.05, 4.69) is 15.5 Å². The van der Waals surface area contributed by atoms with Crippen molar-refractivity contribution in [1.29, 1.82) is 0 Å². The van der Waals surface area contributed by atoms with E-state index in [9.17, 15) is 4.79 Å². The van der Waals surface area contributed by atoms with Gasteiger partial charge in [0.2, 0.25) is 5.16 Å². The van der Waals surface area contributed by atoms with E-state index >= 15 is 0 Å². The summed E-state index contributed by atoms with van der Waals surface area (Å²) in [6.45, 7) is 0.329. The highest BCUT2D eigenvalue weighted by Gasteiger charge is 2.20. The molecular formula is C6H11N5O2S. The van der Waals surface area contributed by atoms with Gasteiger partial charge in [0, 0.05) is 7.05 Å². The van der Waals surface area contributed by atoms with Crippen LogP contribution in [0.25, 0.3) is 0 Å². The minimum Gasteiger partial charge on any atom is -0.480 e. The average molecular weight is 217 g/mol. The summed E-state index contributed by atoms with van der Waals surface area (Å²) in [6, 6.07) is 0. The summed E-state index contributed by atoms with van der Waals surface area (Å²) in [5.74, 6) is -0.900. The number of aliphatic carboxylic acids is 1. The second-order valence-electron chi connectivity index (χ2n) is 2.61. The van der Waals surface area contributed by atoms with E-state index in [1.807, 2.05) is 0 Å². The Hall–Kier alpha value is -1.15. The quantitative estimate of drug-likeness (QED) is 0.616. The molecule has 0 bridgehead atoms. The molecule has 78 valence electrons. The molecule has 7 nitrogen and oxygen atoms in total. The van der Waals surface area contributed by atoms with Crippen LogP contribution < -0.4 is 5.73 Å². The van der Waals surface area contributed by atoms with E-state index in [4.69, 9.17) is 10.8 Å². The van der Waals surface area contributed by atoms with Crippen molar-refractivity contribution >= 4 is 17.7 Å². The lowest BCUT2D eigenvalue weighted by Crippen LogP contribution is -2.20. The van der Waals surface area contributed by atoms with Gasteiger partial charge >= 0.3 is 5.97 Å². The number of thioether (sulfide) groups is 1. The second kappa shape index (κ2) is 4.91. The minimum atomic E-state index is -0.900. The Morgan fingerprint density at radius 3 is 2.93 bits per heavy atom. The average Bonchev–Trinajstić information content (AvgIpc) is 2.51. The molecule has 0 saturated heterocycles. The van der Waals surface area contributed by atoms with Gasteiger partial charge in [-0.15, -0.1) is 5.10 Å². The van der Waals surface area contributed by atoms with Gasteiger partial charge < -0.3 is 10.8 Å². The SMILES string of the molecule is Cn1nnnc1SC(CCN)C(=O)O. The van der Waals surface area contributed by atoms with Gasteiger partial charge in [-0.1, -0.05) is 11.8 Å². The molecule has 0 aliphatic carbocycles. The van der Waals surface area contributed by atoms with Gasteiger partial charge in [0.25, 0.3) is 0 Å².